The Balaban J connectivity index is 1.53. The molecule has 3 nitrogen and oxygen atoms in total. The first-order valence-electron chi connectivity index (χ1n) is 11.4. The van der Waals surface area contributed by atoms with Crippen molar-refractivity contribution in [2.75, 3.05) is 26.4 Å². The van der Waals surface area contributed by atoms with Gasteiger partial charge in [0.2, 0.25) is 0 Å². The maximum absolute atomic E-state index is 5.89. The first-order chi connectivity index (χ1) is 15.3. The van der Waals surface area contributed by atoms with E-state index in [1.54, 1.807) is 0 Å². The first-order valence-corrected chi connectivity index (χ1v) is 11.4. The molecule has 0 N–H and O–H groups in total. The van der Waals surface area contributed by atoms with Crippen molar-refractivity contribution in [3.8, 4) is 5.75 Å². The quantitative estimate of drug-likeness (QED) is 0.295. The van der Waals surface area contributed by atoms with Gasteiger partial charge in [-0.05, 0) is 41.7 Å². The molecule has 0 aromatic heterocycles. The van der Waals surface area contributed by atoms with Crippen LogP contribution in [0.2, 0.25) is 0 Å². The minimum absolute atomic E-state index is 0.599. The molecule has 0 bridgehead atoms. The van der Waals surface area contributed by atoms with Crippen molar-refractivity contribution in [2.24, 2.45) is 0 Å². The molecule has 0 spiro atoms. The molecule has 3 aromatic rings. The Morgan fingerprint density at radius 2 is 1.32 bits per heavy atom. The van der Waals surface area contributed by atoms with Crippen LogP contribution in [0.1, 0.15) is 36.5 Å². The molecule has 0 atom stereocenters. The largest absolute Gasteiger partial charge is 0.491 e. The van der Waals surface area contributed by atoms with E-state index in [-0.39, 0.29) is 0 Å². The second-order valence-electron chi connectivity index (χ2n) is 7.89. The van der Waals surface area contributed by atoms with E-state index < -0.39 is 0 Å². The molecule has 0 unspecified atom stereocenters. The summed E-state index contributed by atoms with van der Waals surface area (Å²) in [7, 11) is 0. The SMILES string of the molecule is CCCCOCCOc1cccc(CCN(Cc2ccccc2)Cc2ccccc2)c1. The average molecular weight is 418 g/mol. The monoisotopic (exact) mass is 417 g/mol. The molecule has 0 aliphatic heterocycles. The number of hydrogen-bond acceptors (Lipinski definition) is 3. The molecule has 164 valence electrons. The molecule has 3 aromatic carbocycles. The maximum atomic E-state index is 5.89. The highest BCUT2D eigenvalue weighted by atomic mass is 16.5. The summed E-state index contributed by atoms with van der Waals surface area (Å²) in [6.45, 7) is 7.12. The number of hydrogen-bond donors (Lipinski definition) is 0. The summed E-state index contributed by atoms with van der Waals surface area (Å²) in [6, 6.07) is 29.9. The van der Waals surface area contributed by atoms with Crippen LogP contribution in [-0.4, -0.2) is 31.3 Å². The van der Waals surface area contributed by atoms with Gasteiger partial charge in [-0.3, -0.25) is 4.90 Å². The summed E-state index contributed by atoms with van der Waals surface area (Å²) in [6.07, 6.45) is 3.26. The van der Waals surface area contributed by atoms with Crippen LogP contribution in [0.15, 0.2) is 84.9 Å². The third-order valence-electron chi connectivity index (χ3n) is 5.25. The summed E-state index contributed by atoms with van der Waals surface area (Å²) < 4.78 is 11.5. The Labute approximate surface area is 187 Å². The molecule has 3 rings (SSSR count). The number of benzene rings is 3. The van der Waals surface area contributed by atoms with E-state index in [2.05, 4.69) is 90.7 Å². The smallest absolute Gasteiger partial charge is 0.119 e. The summed E-state index contributed by atoms with van der Waals surface area (Å²) in [5.41, 5.74) is 3.99. The van der Waals surface area contributed by atoms with Gasteiger partial charge in [0, 0.05) is 26.2 Å². The minimum atomic E-state index is 0.599. The van der Waals surface area contributed by atoms with Gasteiger partial charge in [-0.25, -0.2) is 0 Å². The van der Waals surface area contributed by atoms with Crippen LogP contribution < -0.4 is 4.74 Å². The third kappa shape index (κ3) is 8.95. The minimum Gasteiger partial charge on any atom is -0.491 e. The van der Waals surface area contributed by atoms with E-state index in [1.807, 2.05) is 6.07 Å². The summed E-state index contributed by atoms with van der Waals surface area (Å²) in [5.74, 6) is 0.925. The van der Waals surface area contributed by atoms with E-state index in [0.29, 0.717) is 13.2 Å². The van der Waals surface area contributed by atoms with Gasteiger partial charge in [-0.15, -0.1) is 0 Å². The van der Waals surface area contributed by atoms with Crippen LogP contribution in [0.3, 0.4) is 0 Å². The maximum Gasteiger partial charge on any atom is 0.119 e. The Morgan fingerprint density at radius 3 is 1.97 bits per heavy atom. The van der Waals surface area contributed by atoms with Crippen molar-refractivity contribution in [1.29, 1.82) is 0 Å². The van der Waals surface area contributed by atoms with Gasteiger partial charge in [-0.2, -0.15) is 0 Å². The number of ether oxygens (including phenoxy) is 2. The Kier molecular flexibility index (Phi) is 10.1. The molecule has 3 heteroatoms. The molecule has 0 radical (unpaired) electrons. The zero-order valence-electron chi connectivity index (χ0n) is 18.7. The standard InChI is InChI=1S/C28H35NO2/c1-2-3-19-30-20-21-31-28-16-10-15-25(22-28)17-18-29(23-26-11-6-4-7-12-26)24-27-13-8-5-9-14-27/h4-16,22H,2-3,17-21,23-24H2,1H3. The highest BCUT2D eigenvalue weighted by Crippen LogP contribution is 2.16. The molecule has 0 amide bonds. The zero-order valence-corrected chi connectivity index (χ0v) is 18.7. The van der Waals surface area contributed by atoms with Gasteiger partial charge in [0.25, 0.3) is 0 Å². The molecule has 0 saturated carbocycles. The van der Waals surface area contributed by atoms with Crippen molar-refractivity contribution in [1.82, 2.24) is 4.90 Å². The molecular weight excluding hydrogens is 382 g/mol. The summed E-state index contributed by atoms with van der Waals surface area (Å²) >= 11 is 0. The van der Waals surface area contributed by atoms with E-state index in [0.717, 1.165) is 51.3 Å². The fourth-order valence-electron chi connectivity index (χ4n) is 3.54. The fourth-order valence-corrected chi connectivity index (χ4v) is 3.54. The van der Waals surface area contributed by atoms with E-state index >= 15 is 0 Å². The second kappa shape index (κ2) is 13.6. The van der Waals surface area contributed by atoms with Crippen LogP contribution in [0.25, 0.3) is 0 Å². The van der Waals surface area contributed by atoms with Crippen molar-refractivity contribution in [3.05, 3.63) is 102 Å². The van der Waals surface area contributed by atoms with E-state index in [4.69, 9.17) is 9.47 Å². The highest BCUT2D eigenvalue weighted by Gasteiger charge is 2.08. The fraction of sp³-hybridized carbons (Fsp3) is 0.357. The van der Waals surface area contributed by atoms with Gasteiger partial charge in [0.15, 0.2) is 0 Å². The van der Waals surface area contributed by atoms with Crippen LogP contribution in [0.4, 0.5) is 0 Å². The molecule has 0 heterocycles. The van der Waals surface area contributed by atoms with Gasteiger partial charge in [0.05, 0.1) is 6.61 Å². The second-order valence-corrected chi connectivity index (χ2v) is 7.89. The molecule has 31 heavy (non-hydrogen) atoms. The summed E-state index contributed by atoms with van der Waals surface area (Å²) in [5, 5.41) is 0. The predicted molar refractivity (Wildman–Crippen MR) is 128 cm³/mol. The topological polar surface area (TPSA) is 21.7 Å². The van der Waals surface area contributed by atoms with Crippen LogP contribution in [-0.2, 0) is 24.2 Å². The van der Waals surface area contributed by atoms with Crippen molar-refractivity contribution in [2.45, 2.75) is 39.3 Å². The van der Waals surface area contributed by atoms with Crippen LogP contribution >= 0.6 is 0 Å². The number of rotatable bonds is 14. The highest BCUT2D eigenvalue weighted by molar-refractivity contribution is 5.29. The molecule has 0 fully saturated rings. The molecule has 0 aliphatic carbocycles. The summed E-state index contributed by atoms with van der Waals surface area (Å²) in [4.78, 5) is 2.51. The van der Waals surface area contributed by atoms with Crippen molar-refractivity contribution in [3.63, 3.8) is 0 Å². The number of unbranched alkanes of at least 4 members (excludes halogenated alkanes) is 1. The average Bonchev–Trinajstić information content (AvgIpc) is 2.81. The normalized spacial score (nSPS) is 11.0. The molecular formula is C28H35NO2. The third-order valence-corrected chi connectivity index (χ3v) is 5.25. The molecule has 0 aliphatic rings. The Bertz CT molecular complexity index is 810. The van der Waals surface area contributed by atoms with Gasteiger partial charge >= 0.3 is 0 Å². The Morgan fingerprint density at radius 1 is 0.677 bits per heavy atom. The lowest BCUT2D eigenvalue weighted by Crippen LogP contribution is -2.25. The van der Waals surface area contributed by atoms with Crippen molar-refractivity contribution >= 4 is 0 Å². The van der Waals surface area contributed by atoms with Crippen LogP contribution in [0, 0.1) is 0 Å². The first kappa shape index (κ1) is 23.1. The van der Waals surface area contributed by atoms with Crippen molar-refractivity contribution < 1.29 is 9.47 Å². The lowest BCUT2D eigenvalue weighted by atomic mass is 10.1. The van der Waals surface area contributed by atoms with Gasteiger partial charge in [-0.1, -0.05) is 86.1 Å². The zero-order chi connectivity index (χ0) is 21.6. The predicted octanol–water partition coefficient (Wildman–Crippen LogP) is 6.13. The van der Waals surface area contributed by atoms with Gasteiger partial charge < -0.3 is 9.47 Å². The van der Waals surface area contributed by atoms with Crippen LogP contribution in [0.5, 0.6) is 5.75 Å². The van der Waals surface area contributed by atoms with E-state index in [9.17, 15) is 0 Å². The molecule has 0 saturated heterocycles. The van der Waals surface area contributed by atoms with Gasteiger partial charge in [0.1, 0.15) is 12.4 Å². The number of nitrogens with zero attached hydrogens (tertiary/aromatic N) is 1. The Hall–Kier alpha value is -2.62. The lowest BCUT2D eigenvalue weighted by molar-refractivity contribution is 0.0980. The lowest BCUT2D eigenvalue weighted by Gasteiger charge is -2.23. The van der Waals surface area contributed by atoms with E-state index in [1.165, 1.54) is 16.7 Å².